The fourth-order valence-electron chi connectivity index (χ4n) is 3.31. The number of piperidine rings is 1. The molecule has 1 aromatic rings. The van der Waals surface area contributed by atoms with Crippen molar-refractivity contribution in [3.8, 4) is 0 Å². The molecule has 2 rings (SSSR count). The number of carbonyl (C=O) groups excluding carboxylic acids is 2. The SMILES string of the molecule is CC(C)(C)OC(=O)N(C(=O)OC(C)(C)C)C(c1ccccc1)C1CCC(N)CN1. The molecule has 29 heavy (non-hydrogen) atoms. The Hall–Kier alpha value is -2.12. The van der Waals surface area contributed by atoms with Gasteiger partial charge >= 0.3 is 12.2 Å². The molecule has 1 heterocycles. The van der Waals surface area contributed by atoms with Crippen molar-refractivity contribution in [2.24, 2.45) is 5.73 Å². The largest absolute Gasteiger partial charge is 0.443 e. The molecule has 1 aromatic carbocycles. The van der Waals surface area contributed by atoms with Gasteiger partial charge in [0.05, 0.1) is 6.04 Å². The molecule has 1 saturated heterocycles. The van der Waals surface area contributed by atoms with Gasteiger partial charge in [-0.15, -0.1) is 0 Å². The monoisotopic (exact) mass is 405 g/mol. The first-order valence-electron chi connectivity index (χ1n) is 10.2. The summed E-state index contributed by atoms with van der Waals surface area (Å²) >= 11 is 0. The highest BCUT2D eigenvalue weighted by molar-refractivity contribution is 5.89. The van der Waals surface area contributed by atoms with Crippen molar-refractivity contribution in [3.05, 3.63) is 35.9 Å². The Bertz CT molecular complexity index is 658. The summed E-state index contributed by atoms with van der Waals surface area (Å²) in [5, 5.41) is 3.40. The zero-order chi connectivity index (χ0) is 21.8. The van der Waals surface area contributed by atoms with Gasteiger partial charge in [-0.1, -0.05) is 30.3 Å². The van der Waals surface area contributed by atoms with Crippen LogP contribution in [-0.4, -0.2) is 46.9 Å². The minimum Gasteiger partial charge on any atom is -0.443 e. The van der Waals surface area contributed by atoms with Crippen LogP contribution >= 0.6 is 0 Å². The van der Waals surface area contributed by atoms with Crippen molar-refractivity contribution < 1.29 is 19.1 Å². The third kappa shape index (κ3) is 7.01. The van der Waals surface area contributed by atoms with E-state index in [0.717, 1.165) is 23.3 Å². The van der Waals surface area contributed by atoms with Crippen LogP contribution in [-0.2, 0) is 9.47 Å². The topological polar surface area (TPSA) is 93.9 Å². The Balaban J connectivity index is 2.47. The molecule has 0 saturated carbocycles. The van der Waals surface area contributed by atoms with Gasteiger partial charge in [0.1, 0.15) is 11.2 Å². The van der Waals surface area contributed by atoms with E-state index in [9.17, 15) is 9.59 Å². The molecule has 3 N–H and O–H groups in total. The van der Waals surface area contributed by atoms with Gasteiger partial charge in [0, 0.05) is 18.6 Å². The lowest BCUT2D eigenvalue weighted by Gasteiger charge is -2.40. The van der Waals surface area contributed by atoms with E-state index >= 15 is 0 Å². The van der Waals surface area contributed by atoms with Gasteiger partial charge in [0.25, 0.3) is 0 Å². The molecule has 3 atom stereocenters. The van der Waals surface area contributed by atoms with Crippen molar-refractivity contribution in [2.45, 2.75) is 83.7 Å². The minimum absolute atomic E-state index is 0.0548. The van der Waals surface area contributed by atoms with Crippen LogP contribution in [0, 0.1) is 0 Å². The Morgan fingerprint density at radius 3 is 1.93 bits per heavy atom. The van der Waals surface area contributed by atoms with Crippen molar-refractivity contribution >= 4 is 12.2 Å². The molecule has 0 aromatic heterocycles. The highest BCUT2D eigenvalue weighted by Crippen LogP contribution is 2.31. The summed E-state index contributed by atoms with van der Waals surface area (Å²) in [6.45, 7) is 11.2. The smallest absolute Gasteiger partial charge is 0.420 e. The third-order valence-corrected chi connectivity index (χ3v) is 4.47. The quantitative estimate of drug-likeness (QED) is 0.790. The van der Waals surface area contributed by atoms with Crippen LogP contribution in [0.15, 0.2) is 30.3 Å². The fourth-order valence-corrected chi connectivity index (χ4v) is 3.31. The molecule has 7 nitrogen and oxygen atoms in total. The maximum absolute atomic E-state index is 13.2. The fraction of sp³-hybridized carbons (Fsp3) is 0.636. The number of ether oxygens (including phenoxy) is 2. The minimum atomic E-state index is -0.749. The number of nitrogens with one attached hydrogen (secondary N) is 1. The number of amides is 2. The summed E-state index contributed by atoms with van der Waals surface area (Å²) in [6.07, 6.45) is 0.0786. The lowest BCUT2D eigenvalue weighted by molar-refractivity contribution is -0.0125. The van der Waals surface area contributed by atoms with Crippen LogP contribution < -0.4 is 11.1 Å². The second kappa shape index (κ2) is 9.13. The van der Waals surface area contributed by atoms with Crippen LogP contribution in [0.3, 0.4) is 0 Å². The summed E-state index contributed by atoms with van der Waals surface area (Å²) in [7, 11) is 0. The van der Waals surface area contributed by atoms with E-state index < -0.39 is 29.4 Å². The average Bonchev–Trinajstić information content (AvgIpc) is 2.58. The number of imide groups is 1. The normalized spacial score (nSPS) is 21.2. The molecule has 7 heteroatoms. The van der Waals surface area contributed by atoms with E-state index in [1.807, 2.05) is 30.3 Å². The number of nitrogens with two attached hydrogens (primary N) is 1. The number of nitrogens with zero attached hydrogens (tertiary/aromatic N) is 1. The zero-order valence-corrected chi connectivity index (χ0v) is 18.4. The van der Waals surface area contributed by atoms with E-state index in [4.69, 9.17) is 15.2 Å². The molecule has 0 radical (unpaired) electrons. The van der Waals surface area contributed by atoms with Crippen LogP contribution in [0.5, 0.6) is 0 Å². The number of carbonyl (C=O) groups is 2. The maximum Gasteiger partial charge on any atom is 0.420 e. The Labute approximate surface area is 173 Å². The molecule has 0 spiro atoms. The predicted octanol–water partition coefficient (Wildman–Crippen LogP) is 3.98. The van der Waals surface area contributed by atoms with E-state index in [0.29, 0.717) is 6.54 Å². The molecule has 1 fully saturated rings. The summed E-state index contributed by atoms with van der Waals surface area (Å²) in [5.74, 6) is 0. The van der Waals surface area contributed by atoms with Crippen molar-refractivity contribution in [2.75, 3.05) is 6.54 Å². The van der Waals surface area contributed by atoms with Gasteiger partial charge in [-0.3, -0.25) is 0 Å². The molecule has 0 bridgehead atoms. The van der Waals surface area contributed by atoms with Crippen LogP contribution in [0.2, 0.25) is 0 Å². The first kappa shape index (κ1) is 23.2. The number of rotatable bonds is 3. The summed E-state index contributed by atoms with van der Waals surface area (Å²) in [6, 6.07) is 8.81. The summed E-state index contributed by atoms with van der Waals surface area (Å²) in [5.41, 5.74) is 5.37. The van der Waals surface area contributed by atoms with Gasteiger partial charge in [-0.05, 0) is 59.9 Å². The second-order valence-electron chi connectivity index (χ2n) is 9.54. The summed E-state index contributed by atoms with van der Waals surface area (Å²) in [4.78, 5) is 27.4. The van der Waals surface area contributed by atoms with E-state index in [1.165, 1.54) is 0 Å². The van der Waals surface area contributed by atoms with Crippen LogP contribution in [0.1, 0.15) is 66.0 Å². The molecular weight excluding hydrogens is 370 g/mol. The van der Waals surface area contributed by atoms with E-state index in [1.54, 1.807) is 41.5 Å². The Morgan fingerprint density at radius 2 is 1.52 bits per heavy atom. The molecule has 162 valence electrons. The third-order valence-electron chi connectivity index (χ3n) is 4.47. The molecule has 2 amide bonds. The lowest BCUT2D eigenvalue weighted by atomic mass is 9.90. The first-order valence-corrected chi connectivity index (χ1v) is 10.2. The van der Waals surface area contributed by atoms with E-state index in [2.05, 4.69) is 5.32 Å². The van der Waals surface area contributed by atoms with Gasteiger partial charge in [0.2, 0.25) is 0 Å². The highest BCUT2D eigenvalue weighted by Gasteiger charge is 2.42. The van der Waals surface area contributed by atoms with Gasteiger partial charge in [0.15, 0.2) is 0 Å². The highest BCUT2D eigenvalue weighted by atomic mass is 16.6. The predicted molar refractivity (Wildman–Crippen MR) is 112 cm³/mol. The number of hydrogen-bond acceptors (Lipinski definition) is 6. The van der Waals surface area contributed by atoms with Crippen LogP contribution in [0.25, 0.3) is 0 Å². The molecule has 3 unspecified atom stereocenters. The van der Waals surface area contributed by atoms with Gasteiger partial charge in [-0.25, -0.2) is 14.5 Å². The van der Waals surface area contributed by atoms with Gasteiger partial charge < -0.3 is 20.5 Å². The molecular formula is C22H35N3O4. The Kier molecular flexibility index (Phi) is 7.30. The standard InChI is InChI=1S/C22H35N3O4/c1-21(2,3)28-19(26)25(20(27)29-22(4,5)6)18(15-10-8-7-9-11-15)17-13-12-16(23)14-24-17/h7-11,16-18,24H,12-14,23H2,1-6H3. The van der Waals surface area contributed by atoms with Crippen molar-refractivity contribution in [3.63, 3.8) is 0 Å². The molecule has 1 aliphatic heterocycles. The van der Waals surface area contributed by atoms with Crippen molar-refractivity contribution in [1.29, 1.82) is 0 Å². The maximum atomic E-state index is 13.2. The average molecular weight is 406 g/mol. The molecule has 1 aliphatic rings. The number of hydrogen-bond donors (Lipinski definition) is 2. The van der Waals surface area contributed by atoms with Gasteiger partial charge in [-0.2, -0.15) is 0 Å². The Morgan fingerprint density at radius 1 is 1.00 bits per heavy atom. The number of benzene rings is 1. The van der Waals surface area contributed by atoms with Crippen LogP contribution in [0.4, 0.5) is 9.59 Å². The lowest BCUT2D eigenvalue weighted by Crippen LogP contribution is -2.55. The van der Waals surface area contributed by atoms with E-state index in [-0.39, 0.29) is 12.1 Å². The molecule has 0 aliphatic carbocycles. The second-order valence-corrected chi connectivity index (χ2v) is 9.54. The summed E-state index contributed by atoms with van der Waals surface area (Å²) < 4.78 is 11.2. The van der Waals surface area contributed by atoms with Crippen molar-refractivity contribution in [1.82, 2.24) is 10.2 Å². The first-order chi connectivity index (χ1) is 13.4. The zero-order valence-electron chi connectivity index (χ0n) is 18.4.